The summed E-state index contributed by atoms with van der Waals surface area (Å²) in [6, 6.07) is 13.3. The van der Waals surface area contributed by atoms with Crippen molar-refractivity contribution in [1.82, 2.24) is 4.98 Å². The van der Waals surface area contributed by atoms with Gasteiger partial charge < -0.3 is 14.8 Å². The number of benzene rings is 3. The molecule has 1 aromatic heterocycles. The summed E-state index contributed by atoms with van der Waals surface area (Å²) >= 11 is 6.18. The number of halogens is 2. The van der Waals surface area contributed by atoms with Crippen LogP contribution in [0.25, 0.3) is 21.7 Å². The lowest BCUT2D eigenvalue weighted by atomic mass is 10.0. The monoisotopic (exact) mass is 397 g/mol. The van der Waals surface area contributed by atoms with Crippen molar-refractivity contribution in [2.45, 2.75) is 13.3 Å². The fourth-order valence-corrected chi connectivity index (χ4v) is 3.74. The molecule has 3 aromatic carbocycles. The van der Waals surface area contributed by atoms with Crippen molar-refractivity contribution in [2.24, 2.45) is 0 Å². The van der Waals surface area contributed by atoms with Gasteiger partial charge in [-0.15, -0.1) is 0 Å². The molecule has 4 aromatic rings. The summed E-state index contributed by atoms with van der Waals surface area (Å²) in [6.45, 7) is 1.91. The zero-order valence-corrected chi connectivity index (χ0v) is 15.8. The molecule has 4 nitrogen and oxygen atoms in total. The van der Waals surface area contributed by atoms with E-state index in [9.17, 15) is 14.3 Å². The molecule has 0 radical (unpaired) electrons. The van der Waals surface area contributed by atoms with Crippen LogP contribution in [0.15, 0.2) is 48.5 Å². The molecule has 0 fully saturated rings. The number of carbonyl (C=O) groups excluding carboxylic acids is 1. The normalized spacial score (nSPS) is 11.2. The van der Waals surface area contributed by atoms with Crippen molar-refractivity contribution < 1.29 is 19.0 Å². The second-order valence-corrected chi connectivity index (χ2v) is 6.85. The number of hydrogen-bond donors (Lipinski definition) is 2. The highest BCUT2D eigenvalue weighted by molar-refractivity contribution is 6.31. The molecule has 0 spiro atoms. The molecule has 2 N–H and O–H groups in total. The average Bonchev–Trinajstić information content (AvgIpc) is 3.03. The Kier molecular flexibility index (Phi) is 4.69. The summed E-state index contributed by atoms with van der Waals surface area (Å²) in [4.78, 5) is 15.9. The van der Waals surface area contributed by atoms with Gasteiger partial charge in [-0.1, -0.05) is 41.9 Å². The van der Waals surface area contributed by atoms with Crippen LogP contribution in [0.5, 0.6) is 5.75 Å². The minimum atomic E-state index is -0.536. The number of rotatable bonds is 4. The van der Waals surface area contributed by atoms with Crippen LogP contribution < -0.4 is 0 Å². The summed E-state index contributed by atoms with van der Waals surface area (Å²) in [5.41, 5.74) is 1.72. The molecule has 28 heavy (non-hydrogen) atoms. The van der Waals surface area contributed by atoms with Gasteiger partial charge in [-0.05, 0) is 25.1 Å². The molecule has 1 heterocycles. The first kappa shape index (κ1) is 18.3. The number of aromatic nitrogens is 1. The van der Waals surface area contributed by atoms with Crippen LogP contribution in [-0.4, -0.2) is 22.7 Å². The predicted molar refractivity (Wildman–Crippen MR) is 108 cm³/mol. The van der Waals surface area contributed by atoms with Gasteiger partial charge in [-0.2, -0.15) is 0 Å². The Hall–Kier alpha value is -3.05. The van der Waals surface area contributed by atoms with Crippen molar-refractivity contribution >= 4 is 39.2 Å². The summed E-state index contributed by atoms with van der Waals surface area (Å²) in [5.74, 6) is -0.928. The van der Waals surface area contributed by atoms with E-state index in [1.54, 1.807) is 19.1 Å². The highest BCUT2D eigenvalue weighted by Crippen LogP contribution is 2.36. The maximum Gasteiger partial charge on any atom is 0.340 e. The molecule has 0 aliphatic heterocycles. The molecule has 0 saturated heterocycles. The Morgan fingerprint density at radius 1 is 1.14 bits per heavy atom. The van der Waals surface area contributed by atoms with E-state index in [-0.39, 0.29) is 34.9 Å². The number of ether oxygens (including phenoxy) is 1. The zero-order valence-electron chi connectivity index (χ0n) is 15.1. The molecular formula is C22H17ClFNO3. The Labute approximate surface area is 165 Å². The molecule has 6 heteroatoms. The minimum Gasteiger partial charge on any atom is -0.507 e. The Bertz CT molecular complexity index is 1200. The number of phenols is 1. The Morgan fingerprint density at radius 3 is 2.61 bits per heavy atom. The van der Waals surface area contributed by atoms with Gasteiger partial charge in [0.15, 0.2) is 0 Å². The molecule has 0 atom stereocenters. The van der Waals surface area contributed by atoms with Gasteiger partial charge in [-0.25, -0.2) is 9.18 Å². The van der Waals surface area contributed by atoms with Crippen molar-refractivity contribution in [3.63, 3.8) is 0 Å². The molecule has 0 bridgehead atoms. The fourth-order valence-electron chi connectivity index (χ4n) is 3.51. The number of H-pyrrole nitrogens is 1. The molecule has 0 saturated carbocycles. The number of aromatic amines is 1. The smallest absolute Gasteiger partial charge is 0.340 e. The van der Waals surface area contributed by atoms with Gasteiger partial charge in [0, 0.05) is 38.9 Å². The van der Waals surface area contributed by atoms with Crippen LogP contribution in [-0.2, 0) is 11.2 Å². The first-order valence-corrected chi connectivity index (χ1v) is 9.24. The third-order valence-corrected chi connectivity index (χ3v) is 5.12. The number of fused-ring (bicyclic) bond motifs is 3. The first-order chi connectivity index (χ1) is 13.5. The zero-order chi connectivity index (χ0) is 19.8. The van der Waals surface area contributed by atoms with E-state index in [4.69, 9.17) is 16.3 Å². The molecule has 0 unspecified atom stereocenters. The number of carbonyl (C=O) groups is 1. The Morgan fingerprint density at radius 2 is 1.89 bits per heavy atom. The summed E-state index contributed by atoms with van der Waals surface area (Å²) < 4.78 is 19.6. The van der Waals surface area contributed by atoms with E-state index in [1.165, 1.54) is 18.2 Å². The van der Waals surface area contributed by atoms with Gasteiger partial charge in [0.2, 0.25) is 0 Å². The van der Waals surface area contributed by atoms with Gasteiger partial charge in [0.1, 0.15) is 11.6 Å². The van der Waals surface area contributed by atoms with E-state index in [2.05, 4.69) is 4.98 Å². The first-order valence-electron chi connectivity index (χ1n) is 8.86. The third-order valence-electron chi connectivity index (χ3n) is 4.76. The number of phenolic OH excluding ortho intramolecular Hbond substituents is 1. The topological polar surface area (TPSA) is 62.3 Å². The van der Waals surface area contributed by atoms with E-state index in [0.717, 1.165) is 5.39 Å². The van der Waals surface area contributed by atoms with E-state index >= 15 is 0 Å². The number of nitrogens with one attached hydrogen (secondary N) is 1. The summed E-state index contributed by atoms with van der Waals surface area (Å²) in [6.07, 6.45) is 0.0867. The third kappa shape index (κ3) is 2.98. The lowest BCUT2D eigenvalue weighted by Crippen LogP contribution is -2.08. The van der Waals surface area contributed by atoms with Crippen LogP contribution in [0.1, 0.15) is 28.5 Å². The van der Waals surface area contributed by atoms with Crippen LogP contribution >= 0.6 is 11.6 Å². The van der Waals surface area contributed by atoms with Crippen LogP contribution in [0.4, 0.5) is 4.39 Å². The predicted octanol–water partition coefficient (Wildman–Crippen LogP) is 5.59. The second kappa shape index (κ2) is 7.17. The van der Waals surface area contributed by atoms with Gasteiger partial charge in [0.05, 0.1) is 17.7 Å². The molecule has 4 rings (SSSR count). The standard InChI is InChI=1S/C22H17ClFNO3/c1-2-28-22(27)20-15-11-19(26)12-6-3-4-7-13(12)21(15)25-18(20)10-14-16(23)8-5-9-17(14)24/h3-9,11,25-26H,2,10H2,1H3. The molecule has 142 valence electrons. The van der Waals surface area contributed by atoms with Crippen molar-refractivity contribution in [1.29, 1.82) is 0 Å². The van der Waals surface area contributed by atoms with E-state index in [0.29, 0.717) is 22.0 Å². The van der Waals surface area contributed by atoms with Crippen LogP contribution in [0, 0.1) is 5.82 Å². The molecule has 0 aliphatic rings. The SMILES string of the molecule is CCOC(=O)c1c(Cc2c(F)cccc2Cl)[nH]c2c1cc(O)c1ccccc12. The second-order valence-electron chi connectivity index (χ2n) is 6.44. The highest BCUT2D eigenvalue weighted by Gasteiger charge is 2.23. The largest absolute Gasteiger partial charge is 0.507 e. The fraction of sp³-hybridized carbons (Fsp3) is 0.136. The number of aromatic hydroxyl groups is 1. The number of hydrogen-bond acceptors (Lipinski definition) is 3. The molecule has 0 aliphatic carbocycles. The van der Waals surface area contributed by atoms with Crippen LogP contribution in [0.3, 0.4) is 0 Å². The maximum atomic E-state index is 14.3. The lowest BCUT2D eigenvalue weighted by Gasteiger charge is -2.07. The van der Waals surface area contributed by atoms with E-state index in [1.807, 2.05) is 18.2 Å². The number of esters is 1. The molecule has 0 amide bonds. The quantitative estimate of drug-likeness (QED) is 0.441. The van der Waals surface area contributed by atoms with E-state index < -0.39 is 11.8 Å². The summed E-state index contributed by atoms with van der Waals surface area (Å²) in [7, 11) is 0. The van der Waals surface area contributed by atoms with Gasteiger partial charge in [0.25, 0.3) is 0 Å². The van der Waals surface area contributed by atoms with Crippen LogP contribution in [0.2, 0.25) is 5.02 Å². The lowest BCUT2D eigenvalue weighted by molar-refractivity contribution is 0.0527. The maximum absolute atomic E-state index is 14.3. The van der Waals surface area contributed by atoms with Crippen molar-refractivity contribution in [2.75, 3.05) is 6.61 Å². The van der Waals surface area contributed by atoms with Crippen molar-refractivity contribution in [3.05, 3.63) is 76.2 Å². The minimum absolute atomic E-state index is 0.0584. The van der Waals surface area contributed by atoms with Gasteiger partial charge >= 0.3 is 5.97 Å². The summed E-state index contributed by atoms with van der Waals surface area (Å²) in [5, 5.41) is 12.7. The highest BCUT2D eigenvalue weighted by atomic mass is 35.5. The molecular weight excluding hydrogens is 381 g/mol. The van der Waals surface area contributed by atoms with Crippen molar-refractivity contribution in [3.8, 4) is 5.75 Å². The average molecular weight is 398 g/mol. The Balaban J connectivity index is 2.00. The van der Waals surface area contributed by atoms with Gasteiger partial charge in [-0.3, -0.25) is 0 Å².